The van der Waals surface area contributed by atoms with Crippen LogP contribution in [0, 0.1) is 0 Å². The molecule has 13 heavy (non-hydrogen) atoms. The Morgan fingerprint density at radius 3 is 2.92 bits per heavy atom. The lowest BCUT2D eigenvalue weighted by molar-refractivity contribution is 0.546. The Morgan fingerprint density at radius 2 is 2.38 bits per heavy atom. The molecule has 0 bridgehead atoms. The minimum atomic E-state index is 0.623. The maximum atomic E-state index is 3.60. The first-order chi connectivity index (χ1) is 6.24. The summed E-state index contributed by atoms with van der Waals surface area (Å²) in [5, 5.41) is 3.60. The quantitative estimate of drug-likeness (QED) is 0.876. The molecule has 1 fully saturated rings. The van der Waals surface area contributed by atoms with Crippen LogP contribution in [0.4, 0.5) is 0 Å². The summed E-state index contributed by atoms with van der Waals surface area (Å²) in [5.41, 5.74) is 0. The second kappa shape index (κ2) is 4.11. The molecule has 1 nitrogen and oxygen atoms in total. The molecule has 1 aliphatic carbocycles. The Bertz CT molecular complexity index is 280. The molecule has 0 aromatic carbocycles. The summed E-state index contributed by atoms with van der Waals surface area (Å²) >= 11 is 5.32. The molecule has 2 rings (SSSR count). The first-order valence-electron chi connectivity index (χ1n) is 4.74. The summed E-state index contributed by atoms with van der Waals surface area (Å²) in [4.78, 5) is 1.47. The number of nitrogens with one attached hydrogen (secondary N) is 1. The van der Waals surface area contributed by atoms with Gasteiger partial charge in [0.15, 0.2) is 0 Å². The van der Waals surface area contributed by atoms with Gasteiger partial charge in [0.25, 0.3) is 0 Å². The van der Waals surface area contributed by atoms with Gasteiger partial charge in [-0.05, 0) is 54.2 Å². The van der Waals surface area contributed by atoms with Gasteiger partial charge in [-0.1, -0.05) is 0 Å². The molecule has 0 spiro atoms. The SMILES string of the molecule is CC(Cc1ccc(Br)s1)NC1CC1. The molecule has 0 radical (unpaired) electrons. The van der Waals surface area contributed by atoms with Crippen molar-refractivity contribution in [3.8, 4) is 0 Å². The third-order valence-corrected chi connectivity index (χ3v) is 3.88. The van der Waals surface area contributed by atoms with Gasteiger partial charge in [-0.15, -0.1) is 11.3 Å². The van der Waals surface area contributed by atoms with E-state index in [2.05, 4.69) is 40.3 Å². The highest BCUT2D eigenvalue weighted by Crippen LogP contribution is 2.24. The van der Waals surface area contributed by atoms with Crippen molar-refractivity contribution in [3.63, 3.8) is 0 Å². The van der Waals surface area contributed by atoms with Gasteiger partial charge in [-0.25, -0.2) is 0 Å². The summed E-state index contributed by atoms with van der Waals surface area (Å²) in [6, 6.07) is 5.78. The van der Waals surface area contributed by atoms with E-state index >= 15 is 0 Å². The predicted molar refractivity (Wildman–Crippen MR) is 61.3 cm³/mol. The van der Waals surface area contributed by atoms with Crippen LogP contribution >= 0.6 is 27.3 Å². The Morgan fingerprint density at radius 1 is 1.62 bits per heavy atom. The third-order valence-electron chi connectivity index (χ3n) is 2.23. The van der Waals surface area contributed by atoms with E-state index in [0.717, 1.165) is 12.5 Å². The monoisotopic (exact) mass is 259 g/mol. The summed E-state index contributed by atoms with van der Waals surface area (Å²) in [7, 11) is 0. The van der Waals surface area contributed by atoms with Gasteiger partial charge in [0.05, 0.1) is 3.79 Å². The van der Waals surface area contributed by atoms with E-state index in [-0.39, 0.29) is 0 Å². The van der Waals surface area contributed by atoms with Crippen LogP contribution in [-0.4, -0.2) is 12.1 Å². The highest BCUT2D eigenvalue weighted by molar-refractivity contribution is 9.11. The van der Waals surface area contributed by atoms with E-state index in [1.54, 1.807) is 0 Å². The molecule has 1 saturated carbocycles. The van der Waals surface area contributed by atoms with Crippen LogP contribution in [-0.2, 0) is 6.42 Å². The number of hydrogen-bond acceptors (Lipinski definition) is 2. The number of halogens is 1. The Balaban J connectivity index is 1.82. The molecule has 1 aromatic heterocycles. The van der Waals surface area contributed by atoms with Gasteiger partial charge in [0.2, 0.25) is 0 Å². The topological polar surface area (TPSA) is 12.0 Å². The molecule has 1 aliphatic rings. The zero-order valence-electron chi connectivity index (χ0n) is 7.72. The Hall–Kier alpha value is 0.140. The highest BCUT2D eigenvalue weighted by Gasteiger charge is 2.22. The lowest BCUT2D eigenvalue weighted by Crippen LogP contribution is -2.29. The molecule has 72 valence electrons. The van der Waals surface area contributed by atoms with E-state index in [9.17, 15) is 0 Å². The Kier molecular flexibility index (Phi) is 3.06. The molecule has 0 amide bonds. The average molecular weight is 260 g/mol. The van der Waals surface area contributed by atoms with Gasteiger partial charge >= 0.3 is 0 Å². The largest absolute Gasteiger partial charge is 0.311 e. The van der Waals surface area contributed by atoms with Crippen LogP contribution < -0.4 is 5.32 Å². The van der Waals surface area contributed by atoms with Crippen LogP contribution in [0.2, 0.25) is 0 Å². The van der Waals surface area contributed by atoms with Crippen molar-refractivity contribution in [1.82, 2.24) is 5.32 Å². The lowest BCUT2D eigenvalue weighted by atomic mass is 10.2. The molecule has 1 atom stereocenters. The molecule has 0 aliphatic heterocycles. The number of hydrogen-bond donors (Lipinski definition) is 1. The predicted octanol–water partition coefficient (Wildman–Crippen LogP) is 3.19. The van der Waals surface area contributed by atoms with Gasteiger partial charge < -0.3 is 5.32 Å². The standard InChI is InChI=1S/C10H14BrNS/c1-7(12-8-2-3-8)6-9-4-5-10(11)13-9/h4-5,7-8,12H,2-3,6H2,1H3. The van der Waals surface area contributed by atoms with Gasteiger partial charge in [-0.2, -0.15) is 0 Å². The van der Waals surface area contributed by atoms with Gasteiger partial charge in [0, 0.05) is 17.0 Å². The van der Waals surface area contributed by atoms with E-state index in [0.29, 0.717) is 6.04 Å². The number of thiophene rings is 1. The second-order valence-corrected chi connectivity index (χ2v) is 6.30. The van der Waals surface area contributed by atoms with E-state index in [4.69, 9.17) is 0 Å². The van der Waals surface area contributed by atoms with Crippen molar-refractivity contribution in [2.24, 2.45) is 0 Å². The fraction of sp³-hybridized carbons (Fsp3) is 0.600. The molecule has 1 heterocycles. The molecule has 1 aromatic rings. The molecule has 1 N–H and O–H groups in total. The Labute approximate surface area is 91.7 Å². The van der Waals surface area contributed by atoms with Crippen molar-refractivity contribution in [2.75, 3.05) is 0 Å². The van der Waals surface area contributed by atoms with E-state index < -0.39 is 0 Å². The fourth-order valence-electron chi connectivity index (χ4n) is 1.47. The first kappa shape index (κ1) is 9.69. The smallest absolute Gasteiger partial charge is 0.0701 e. The van der Waals surface area contributed by atoms with Crippen molar-refractivity contribution >= 4 is 27.3 Å². The van der Waals surface area contributed by atoms with Crippen LogP contribution in [0.1, 0.15) is 24.6 Å². The maximum absolute atomic E-state index is 3.60. The number of rotatable bonds is 4. The summed E-state index contributed by atoms with van der Waals surface area (Å²) in [6.07, 6.45) is 3.91. The summed E-state index contributed by atoms with van der Waals surface area (Å²) in [5.74, 6) is 0. The third kappa shape index (κ3) is 3.08. The van der Waals surface area contributed by atoms with Crippen LogP contribution in [0.25, 0.3) is 0 Å². The van der Waals surface area contributed by atoms with Gasteiger partial charge in [0.1, 0.15) is 0 Å². The van der Waals surface area contributed by atoms with E-state index in [1.165, 1.54) is 21.5 Å². The summed E-state index contributed by atoms with van der Waals surface area (Å²) < 4.78 is 1.24. The molecule has 3 heteroatoms. The van der Waals surface area contributed by atoms with Crippen molar-refractivity contribution in [2.45, 2.75) is 38.3 Å². The lowest BCUT2D eigenvalue weighted by Gasteiger charge is -2.11. The minimum Gasteiger partial charge on any atom is -0.311 e. The maximum Gasteiger partial charge on any atom is 0.0701 e. The normalized spacial score (nSPS) is 18.9. The second-order valence-electron chi connectivity index (χ2n) is 3.75. The molecule has 1 unspecified atom stereocenters. The zero-order valence-corrected chi connectivity index (χ0v) is 10.1. The summed E-state index contributed by atoms with van der Waals surface area (Å²) in [6.45, 7) is 2.27. The van der Waals surface area contributed by atoms with Crippen LogP contribution in [0.5, 0.6) is 0 Å². The van der Waals surface area contributed by atoms with Crippen LogP contribution in [0.15, 0.2) is 15.9 Å². The van der Waals surface area contributed by atoms with Crippen molar-refractivity contribution in [1.29, 1.82) is 0 Å². The van der Waals surface area contributed by atoms with Crippen molar-refractivity contribution in [3.05, 3.63) is 20.8 Å². The molecular formula is C10H14BrNS. The fourth-order valence-corrected chi connectivity index (χ4v) is 3.09. The van der Waals surface area contributed by atoms with E-state index in [1.807, 2.05) is 11.3 Å². The molecular weight excluding hydrogens is 246 g/mol. The zero-order chi connectivity index (χ0) is 9.26. The van der Waals surface area contributed by atoms with Crippen molar-refractivity contribution < 1.29 is 0 Å². The van der Waals surface area contributed by atoms with Crippen LogP contribution in [0.3, 0.4) is 0 Å². The molecule has 0 saturated heterocycles. The average Bonchev–Trinajstić information content (AvgIpc) is 2.76. The minimum absolute atomic E-state index is 0.623. The van der Waals surface area contributed by atoms with Gasteiger partial charge in [-0.3, -0.25) is 0 Å². The first-order valence-corrected chi connectivity index (χ1v) is 6.35. The highest BCUT2D eigenvalue weighted by atomic mass is 79.9.